The molecule has 2 aromatic rings. The van der Waals surface area contributed by atoms with E-state index < -0.39 is 0 Å². The summed E-state index contributed by atoms with van der Waals surface area (Å²) in [7, 11) is 1.83. The molecule has 1 saturated carbocycles. The maximum atomic E-state index is 12.8. The highest BCUT2D eigenvalue weighted by atomic mass is 16.2. The average molecular weight is 352 g/mol. The van der Waals surface area contributed by atoms with Crippen LogP contribution < -0.4 is 5.32 Å². The van der Waals surface area contributed by atoms with Crippen molar-refractivity contribution < 1.29 is 9.59 Å². The van der Waals surface area contributed by atoms with Crippen LogP contribution in [-0.4, -0.2) is 46.3 Å². The van der Waals surface area contributed by atoms with Gasteiger partial charge in [-0.3, -0.25) is 9.59 Å². The molecule has 136 valence electrons. The van der Waals surface area contributed by atoms with Gasteiger partial charge in [-0.1, -0.05) is 12.1 Å². The zero-order chi connectivity index (χ0) is 18.5. The number of hydrogen-bond donors (Lipinski definition) is 1. The Labute approximate surface area is 153 Å². The molecule has 0 spiro atoms. The van der Waals surface area contributed by atoms with Crippen molar-refractivity contribution >= 4 is 11.8 Å². The van der Waals surface area contributed by atoms with E-state index in [-0.39, 0.29) is 23.8 Å². The Balaban J connectivity index is 1.65. The molecular formula is C20H24N4O2. The second-order valence-electron chi connectivity index (χ2n) is 6.68. The van der Waals surface area contributed by atoms with Gasteiger partial charge >= 0.3 is 0 Å². The Morgan fingerprint density at radius 2 is 1.81 bits per heavy atom. The van der Waals surface area contributed by atoms with Crippen molar-refractivity contribution in [3.05, 3.63) is 48.5 Å². The van der Waals surface area contributed by atoms with Gasteiger partial charge in [-0.05, 0) is 43.9 Å². The van der Waals surface area contributed by atoms with Gasteiger partial charge in [0.2, 0.25) is 5.91 Å². The highest BCUT2D eigenvalue weighted by Crippen LogP contribution is 2.30. The molecule has 0 bridgehead atoms. The first-order chi connectivity index (χ1) is 12.6. The van der Waals surface area contributed by atoms with Crippen molar-refractivity contribution in [3.8, 4) is 11.1 Å². The molecule has 1 aliphatic carbocycles. The summed E-state index contributed by atoms with van der Waals surface area (Å²) in [6.07, 6.45) is 7.41. The van der Waals surface area contributed by atoms with Crippen LogP contribution in [0.5, 0.6) is 0 Å². The number of rotatable bonds is 5. The third-order valence-electron chi connectivity index (χ3n) is 5.02. The molecule has 1 aromatic carbocycles. The standard InChI is InChI=1S/C20H24N4O2/c1-3-23-19(25)16-8-9-18(10-16)24(2)20(26)15-6-4-14(5-7-15)17-11-21-13-22-12-17/h4-7,11-13,16,18H,3,8-10H2,1-2H3,(H,23,25). The molecule has 1 aliphatic rings. The minimum atomic E-state index is -0.0117. The topological polar surface area (TPSA) is 75.2 Å². The number of nitrogens with zero attached hydrogens (tertiary/aromatic N) is 3. The molecular weight excluding hydrogens is 328 g/mol. The van der Waals surface area contributed by atoms with E-state index in [0.29, 0.717) is 12.1 Å². The van der Waals surface area contributed by atoms with Crippen molar-refractivity contribution in [2.24, 2.45) is 5.92 Å². The SMILES string of the molecule is CCNC(=O)C1CCC(N(C)C(=O)c2ccc(-c3cncnc3)cc2)C1. The van der Waals surface area contributed by atoms with Gasteiger partial charge in [0.1, 0.15) is 6.33 Å². The summed E-state index contributed by atoms with van der Waals surface area (Å²) < 4.78 is 0. The second kappa shape index (κ2) is 8.08. The van der Waals surface area contributed by atoms with Gasteiger partial charge < -0.3 is 10.2 Å². The van der Waals surface area contributed by atoms with Crippen LogP contribution in [0.3, 0.4) is 0 Å². The first kappa shape index (κ1) is 18.0. The predicted molar refractivity (Wildman–Crippen MR) is 99.4 cm³/mol. The third-order valence-corrected chi connectivity index (χ3v) is 5.02. The van der Waals surface area contributed by atoms with Gasteiger partial charge in [-0.25, -0.2) is 9.97 Å². The Morgan fingerprint density at radius 1 is 1.12 bits per heavy atom. The van der Waals surface area contributed by atoms with E-state index in [1.807, 2.05) is 38.2 Å². The number of carbonyl (C=O) groups is 2. The first-order valence-corrected chi connectivity index (χ1v) is 9.00. The van der Waals surface area contributed by atoms with Crippen molar-refractivity contribution in [2.45, 2.75) is 32.2 Å². The molecule has 0 saturated heterocycles. The Bertz CT molecular complexity index is 761. The van der Waals surface area contributed by atoms with Crippen LogP contribution in [0.1, 0.15) is 36.5 Å². The van der Waals surface area contributed by atoms with Crippen molar-refractivity contribution in [3.63, 3.8) is 0 Å². The lowest BCUT2D eigenvalue weighted by molar-refractivity contribution is -0.124. The fraction of sp³-hybridized carbons (Fsp3) is 0.400. The number of amides is 2. The van der Waals surface area contributed by atoms with Crippen molar-refractivity contribution in [1.29, 1.82) is 0 Å². The summed E-state index contributed by atoms with van der Waals surface area (Å²) >= 11 is 0. The first-order valence-electron chi connectivity index (χ1n) is 9.00. The summed E-state index contributed by atoms with van der Waals surface area (Å²) in [5.41, 5.74) is 2.54. The van der Waals surface area contributed by atoms with E-state index in [1.165, 1.54) is 6.33 Å². The Hall–Kier alpha value is -2.76. The number of nitrogens with one attached hydrogen (secondary N) is 1. The molecule has 3 rings (SSSR count). The van der Waals surface area contributed by atoms with Crippen LogP contribution in [0.4, 0.5) is 0 Å². The van der Waals surface area contributed by atoms with Gasteiger partial charge in [-0.2, -0.15) is 0 Å². The van der Waals surface area contributed by atoms with E-state index in [0.717, 1.165) is 30.4 Å². The lowest BCUT2D eigenvalue weighted by Crippen LogP contribution is -2.36. The highest BCUT2D eigenvalue weighted by Gasteiger charge is 2.33. The molecule has 0 aliphatic heterocycles. The maximum Gasteiger partial charge on any atom is 0.253 e. The Morgan fingerprint density at radius 3 is 2.46 bits per heavy atom. The Kier molecular flexibility index (Phi) is 5.61. The van der Waals surface area contributed by atoms with Gasteiger partial charge in [0, 0.05) is 49.1 Å². The molecule has 2 atom stereocenters. The minimum Gasteiger partial charge on any atom is -0.356 e. The predicted octanol–water partition coefficient (Wildman–Crippen LogP) is 2.52. The smallest absolute Gasteiger partial charge is 0.253 e. The molecule has 1 heterocycles. The van der Waals surface area contributed by atoms with Crippen molar-refractivity contribution in [1.82, 2.24) is 20.2 Å². The summed E-state index contributed by atoms with van der Waals surface area (Å²) in [4.78, 5) is 34.6. The third kappa shape index (κ3) is 3.90. The molecule has 6 heteroatoms. The fourth-order valence-corrected chi connectivity index (χ4v) is 3.49. The van der Waals surface area contributed by atoms with E-state index >= 15 is 0 Å². The zero-order valence-corrected chi connectivity index (χ0v) is 15.2. The van der Waals surface area contributed by atoms with Gasteiger partial charge in [0.15, 0.2) is 0 Å². The number of benzene rings is 1. The summed E-state index contributed by atoms with van der Waals surface area (Å²) in [5, 5.41) is 2.88. The van der Waals surface area contributed by atoms with E-state index in [1.54, 1.807) is 17.3 Å². The maximum absolute atomic E-state index is 12.8. The molecule has 2 unspecified atom stereocenters. The molecule has 26 heavy (non-hydrogen) atoms. The molecule has 1 fully saturated rings. The van der Waals surface area contributed by atoms with Crippen LogP contribution in [0.25, 0.3) is 11.1 Å². The highest BCUT2D eigenvalue weighted by molar-refractivity contribution is 5.94. The van der Waals surface area contributed by atoms with E-state index in [2.05, 4.69) is 15.3 Å². The van der Waals surface area contributed by atoms with Crippen LogP contribution in [0.2, 0.25) is 0 Å². The monoisotopic (exact) mass is 352 g/mol. The van der Waals surface area contributed by atoms with E-state index in [9.17, 15) is 9.59 Å². The second-order valence-corrected chi connectivity index (χ2v) is 6.68. The van der Waals surface area contributed by atoms with Crippen LogP contribution in [-0.2, 0) is 4.79 Å². The summed E-state index contributed by atoms with van der Waals surface area (Å²) in [5.74, 6) is 0.100. The lowest BCUT2D eigenvalue weighted by atomic mass is 10.0. The van der Waals surface area contributed by atoms with Crippen molar-refractivity contribution in [2.75, 3.05) is 13.6 Å². The lowest BCUT2D eigenvalue weighted by Gasteiger charge is -2.25. The number of aromatic nitrogens is 2. The molecule has 0 radical (unpaired) electrons. The zero-order valence-electron chi connectivity index (χ0n) is 15.2. The summed E-state index contributed by atoms with van der Waals surface area (Å²) in [6, 6.07) is 7.59. The van der Waals surface area contributed by atoms with Gasteiger partial charge in [0.05, 0.1) is 0 Å². The largest absolute Gasteiger partial charge is 0.356 e. The van der Waals surface area contributed by atoms with Gasteiger partial charge in [0.25, 0.3) is 5.91 Å². The van der Waals surface area contributed by atoms with Crippen LogP contribution >= 0.6 is 0 Å². The minimum absolute atomic E-state index is 0.00987. The van der Waals surface area contributed by atoms with Crippen LogP contribution in [0, 0.1) is 5.92 Å². The normalized spacial score (nSPS) is 19.2. The number of hydrogen-bond acceptors (Lipinski definition) is 4. The summed E-state index contributed by atoms with van der Waals surface area (Å²) in [6.45, 7) is 2.57. The fourth-order valence-electron chi connectivity index (χ4n) is 3.49. The molecule has 2 amide bonds. The van der Waals surface area contributed by atoms with E-state index in [4.69, 9.17) is 0 Å². The molecule has 6 nitrogen and oxygen atoms in total. The molecule has 1 aromatic heterocycles. The number of carbonyl (C=O) groups excluding carboxylic acids is 2. The molecule has 1 N–H and O–H groups in total. The van der Waals surface area contributed by atoms with Gasteiger partial charge in [-0.15, -0.1) is 0 Å². The average Bonchev–Trinajstić information content (AvgIpc) is 3.18. The van der Waals surface area contributed by atoms with Crippen LogP contribution in [0.15, 0.2) is 43.0 Å². The quantitative estimate of drug-likeness (QED) is 0.897.